The van der Waals surface area contributed by atoms with Crippen LogP contribution in [0.4, 0.5) is 13.2 Å². The highest BCUT2D eigenvalue weighted by Crippen LogP contribution is 2.27. The van der Waals surface area contributed by atoms with Crippen LogP contribution in [-0.2, 0) is 12.7 Å². The second-order valence-corrected chi connectivity index (χ2v) is 3.68. The van der Waals surface area contributed by atoms with Crippen LogP contribution in [0.2, 0.25) is 0 Å². The molecular weight excluding hydrogens is 245 g/mol. The summed E-state index contributed by atoms with van der Waals surface area (Å²) in [5.74, 6) is 0. The van der Waals surface area contributed by atoms with Crippen LogP contribution in [0.1, 0.15) is 11.4 Å². The summed E-state index contributed by atoms with van der Waals surface area (Å²) in [6.45, 7) is 0.543. The van der Waals surface area contributed by atoms with Gasteiger partial charge in [-0.1, -0.05) is 0 Å². The van der Waals surface area contributed by atoms with E-state index >= 15 is 0 Å². The molecular formula is C11H11F3N4. The lowest BCUT2D eigenvalue weighted by Crippen LogP contribution is -2.09. The molecule has 0 amide bonds. The first-order valence-corrected chi connectivity index (χ1v) is 5.23. The largest absolute Gasteiger partial charge is 0.435 e. The van der Waals surface area contributed by atoms with Crippen LogP contribution in [0, 0.1) is 0 Å². The topological polar surface area (TPSA) is 42.7 Å². The Morgan fingerprint density at radius 2 is 2.11 bits per heavy atom. The Labute approximate surface area is 101 Å². The molecule has 18 heavy (non-hydrogen) atoms. The molecule has 0 saturated carbocycles. The molecule has 2 aromatic rings. The van der Waals surface area contributed by atoms with E-state index in [9.17, 15) is 13.2 Å². The van der Waals surface area contributed by atoms with Gasteiger partial charge in [0, 0.05) is 18.9 Å². The molecule has 0 unspecified atom stereocenters. The van der Waals surface area contributed by atoms with E-state index in [1.165, 1.54) is 17.1 Å². The van der Waals surface area contributed by atoms with E-state index in [0.29, 0.717) is 12.2 Å². The SMILES string of the molecule is CNCc1cc(-n2ccc(C(F)(F)F)n2)ccn1. The van der Waals surface area contributed by atoms with Gasteiger partial charge in [-0.3, -0.25) is 4.98 Å². The summed E-state index contributed by atoms with van der Waals surface area (Å²) in [7, 11) is 1.77. The maximum absolute atomic E-state index is 12.4. The number of alkyl halides is 3. The first kappa shape index (κ1) is 12.6. The summed E-state index contributed by atoms with van der Waals surface area (Å²) in [5, 5.41) is 6.42. The molecule has 0 aromatic carbocycles. The maximum atomic E-state index is 12.4. The molecule has 2 heterocycles. The molecule has 0 atom stereocenters. The van der Waals surface area contributed by atoms with Gasteiger partial charge in [-0.05, 0) is 25.2 Å². The number of hydrogen-bond acceptors (Lipinski definition) is 3. The first-order chi connectivity index (χ1) is 8.50. The van der Waals surface area contributed by atoms with Crippen molar-refractivity contribution in [2.75, 3.05) is 7.05 Å². The summed E-state index contributed by atoms with van der Waals surface area (Å²) < 4.78 is 38.4. The van der Waals surface area contributed by atoms with Gasteiger partial charge in [0.15, 0.2) is 5.69 Å². The Morgan fingerprint density at radius 1 is 1.33 bits per heavy atom. The molecule has 2 rings (SSSR count). The molecule has 4 nitrogen and oxygen atoms in total. The van der Waals surface area contributed by atoms with Crippen molar-refractivity contribution >= 4 is 0 Å². The van der Waals surface area contributed by atoms with Crippen molar-refractivity contribution < 1.29 is 13.2 Å². The van der Waals surface area contributed by atoms with Crippen LogP contribution in [0.3, 0.4) is 0 Å². The smallest absolute Gasteiger partial charge is 0.314 e. The highest BCUT2D eigenvalue weighted by Gasteiger charge is 2.33. The lowest BCUT2D eigenvalue weighted by atomic mass is 10.3. The quantitative estimate of drug-likeness (QED) is 0.913. The van der Waals surface area contributed by atoms with Crippen molar-refractivity contribution in [2.45, 2.75) is 12.7 Å². The Morgan fingerprint density at radius 3 is 2.72 bits per heavy atom. The highest BCUT2D eigenvalue weighted by molar-refractivity contribution is 5.31. The van der Waals surface area contributed by atoms with E-state index in [1.54, 1.807) is 19.2 Å². The van der Waals surface area contributed by atoms with Gasteiger partial charge in [0.2, 0.25) is 0 Å². The third-order valence-corrected chi connectivity index (χ3v) is 2.30. The average Bonchev–Trinajstić information content (AvgIpc) is 2.78. The summed E-state index contributed by atoms with van der Waals surface area (Å²) in [5.41, 5.74) is 0.374. The van der Waals surface area contributed by atoms with Crippen molar-refractivity contribution in [1.82, 2.24) is 20.1 Å². The Bertz CT molecular complexity index is 533. The Balaban J connectivity index is 2.31. The second kappa shape index (κ2) is 4.77. The zero-order chi connectivity index (χ0) is 13.2. The van der Waals surface area contributed by atoms with Gasteiger partial charge in [0.25, 0.3) is 0 Å². The third kappa shape index (κ3) is 2.67. The summed E-state index contributed by atoms with van der Waals surface area (Å²) in [6, 6.07) is 4.23. The van der Waals surface area contributed by atoms with Crippen LogP contribution < -0.4 is 5.32 Å². The fraction of sp³-hybridized carbons (Fsp3) is 0.273. The molecule has 0 spiro atoms. The average molecular weight is 256 g/mol. The molecule has 0 bridgehead atoms. The van der Waals surface area contributed by atoms with Crippen molar-refractivity contribution in [3.63, 3.8) is 0 Å². The number of aromatic nitrogens is 3. The molecule has 0 aliphatic heterocycles. The van der Waals surface area contributed by atoms with Crippen molar-refractivity contribution in [2.24, 2.45) is 0 Å². The summed E-state index contributed by atoms with van der Waals surface area (Å²) in [6.07, 6.45) is -1.61. The van der Waals surface area contributed by atoms with Crippen LogP contribution >= 0.6 is 0 Å². The Hall–Kier alpha value is -1.89. The number of halogens is 3. The van der Waals surface area contributed by atoms with E-state index in [0.717, 1.165) is 11.8 Å². The molecule has 0 fully saturated rings. The van der Waals surface area contributed by atoms with E-state index < -0.39 is 11.9 Å². The highest BCUT2D eigenvalue weighted by atomic mass is 19.4. The number of rotatable bonds is 3. The van der Waals surface area contributed by atoms with E-state index in [1.807, 2.05) is 0 Å². The van der Waals surface area contributed by atoms with Crippen LogP contribution in [0.5, 0.6) is 0 Å². The summed E-state index contributed by atoms with van der Waals surface area (Å²) >= 11 is 0. The third-order valence-electron chi connectivity index (χ3n) is 2.30. The molecule has 0 aliphatic carbocycles. The fourth-order valence-electron chi connectivity index (χ4n) is 1.50. The number of nitrogens with one attached hydrogen (secondary N) is 1. The molecule has 1 N–H and O–H groups in total. The van der Waals surface area contributed by atoms with Crippen molar-refractivity contribution in [3.05, 3.63) is 42.0 Å². The normalized spacial score (nSPS) is 11.8. The van der Waals surface area contributed by atoms with Crippen LogP contribution in [0.25, 0.3) is 5.69 Å². The molecule has 2 aromatic heterocycles. The Kier molecular flexibility index (Phi) is 3.33. The van der Waals surface area contributed by atoms with Crippen LogP contribution in [0.15, 0.2) is 30.6 Å². The van der Waals surface area contributed by atoms with Gasteiger partial charge in [-0.25, -0.2) is 4.68 Å². The minimum atomic E-state index is -4.42. The van der Waals surface area contributed by atoms with Crippen molar-refractivity contribution in [3.8, 4) is 5.69 Å². The van der Waals surface area contributed by atoms with E-state index in [4.69, 9.17) is 0 Å². The van der Waals surface area contributed by atoms with Gasteiger partial charge in [0.05, 0.1) is 11.4 Å². The minimum absolute atomic E-state index is 0.543. The zero-order valence-electron chi connectivity index (χ0n) is 9.57. The zero-order valence-corrected chi connectivity index (χ0v) is 9.57. The number of hydrogen-bond donors (Lipinski definition) is 1. The predicted octanol–water partition coefficient (Wildman–Crippen LogP) is 2.01. The standard InChI is InChI=1S/C11H11F3N4/c1-15-7-8-6-9(2-4-16-8)18-5-3-10(17-18)11(12,13)14/h2-6,15H,7H2,1H3. The summed E-state index contributed by atoms with van der Waals surface area (Å²) in [4.78, 5) is 4.08. The van der Waals surface area contributed by atoms with Crippen LogP contribution in [-0.4, -0.2) is 21.8 Å². The van der Waals surface area contributed by atoms with Gasteiger partial charge in [-0.15, -0.1) is 0 Å². The molecule has 0 radical (unpaired) electrons. The monoisotopic (exact) mass is 256 g/mol. The van der Waals surface area contributed by atoms with Crippen molar-refractivity contribution in [1.29, 1.82) is 0 Å². The van der Waals surface area contributed by atoms with E-state index in [2.05, 4.69) is 15.4 Å². The van der Waals surface area contributed by atoms with Gasteiger partial charge in [-0.2, -0.15) is 18.3 Å². The molecule has 7 heteroatoms. The molecule has 96 valence electrons. The number of pyridine rings is 1. The number of nitrogens with zero attached hydrogens (tertiary/aromatic N) is 3. The van der Waals surface area contributed by atoms with Gasteiger partial charge < -0.3 is 5.32 Å². The van der Waals surface area contributed by atoms with Gasteiger partial charge >= 0.3 is 6.18 Å². The lowest BCUT2D eigenvalue weighted by molar-refractivity contribution is -0.141. The minimum Gasteiger partial charge on any atom is -0.314 e. The lowest BCUT2D eigenvalue weighted by Gasteiger charge is -2.05. The molecule has 0 saturated heterocycles. The second-order valence-electron chi connectivity index (χ2n) is 3.68. The first-order valence-electron chi connectivity index (χ1n) is 5.23. The maximum Gasteiger partial charge on any atom is 0.435 e. The molecule has 0 aliphatic rings. The van der Waals surface area contributed by atoms with E-state index in [-0.39, 0.29) is 0 Å². The van der Waals surface area contributed by atoms with Gasteiger partial charge in [0.1, 0.15) is 0 Å². The fourth-order valence-corrected chi connectivity index (χ4v) is 1.50. The predicted molar refractivity (Wildman–Crippen MR) is 59.1 cm³/mol.